The molecule has 0 unspecified atom stereocenters. The minimum atomic E-state index is 1.04. The Kier molecular flexibility index (Phi) is 5.70. The number of allylic oxidation sites excluding steroid dienone is 1. The Morgan fingerprint density at radius 3 is 2.08 bits per heavy atom. The summed E-state index contributed by atoms with van der Waals surface area (Å²) in [5.41, 5.74) is 0. The summed E-state index contributed by atoms with van der Waals surface area (Å²) in [5, 5.41) is 0. The Hall–Kier alpha value is 0.660. The SMILES string of the molecule is CCC[N+](C)(C)C/C(Br)=C(/C)Br. The van der Waals surface area contributed by atoms with Gasteiger partial charge in [-0.25, -0.2) is 0 Å². The van der Waals surface area contributed by atoms with E-state index in [4.69, 9.17) is 0 Å². The summed E-state index contributed by atoms with van der Waals surface area (Å²) in [7, 11) is 4.50. The molecule has 0 aliphatic rings. The van der Waals surface area contributed by atoms with Gasteiger partial charge in [0, 0.05) is 4.48 Å². The maximum absolute atomic E-state index is 3.57. The maximum Gasteiger partial charge on any atom is 0.111 e. The van der Waals surface area contributed by atoms with Crippen LogP contribution in [0.2, 0.25) is 0 Å². The second kappa shape index (κ2) is 5.40. The molecular formula is C9H18Br2N+. The van der Waals surface area contributed by atoms with E-state index in [0.717, 1.165) is 11.0 Å². The van der Waals surface area contributed by atoms with Crippen LogP contribution in [0.4, 0.5) is 0 Å². The van der Waals surface area contributed by atoms with Gasteiger partial charge in [0.15, 0.2) is 0 Å². The van der Waals surface area contributed by atoms with Crippen molar-refractivity contribution in [2.45, 2.75) is 20.3 Å². The Balaban J connectivity index is 4.15. The smallest absolute Gasteiger partial charge is 0.111 e. The number of halogens is 2. The lowest BCUT2D eigenvalue weighted by Crippen LogP contribution is -2.41. The van der Waals surface area contributed by atoms with Crippen molar-refractivity contribution < 1.29 is 4.48 Å². The van der Waals surface area contributed by atoms with E-state index in [1.54, 1.807) is 0 Å². The molecule has 0 rings (SSSR count). The van der Waals surface area contributed by atoms with Crippen molar-refractivity contribution >= 4 is 31.9 Å². The number of likely N-dealkylation sites (N-methyl/N-ethyl adjacent to an activating group) is 1. The molecule has 0 fully saturated rings. The summed E-state index contributed by atoms with van der Waals surface area (Å²) in [6, 6.07) is 0. The summed E-state index contributed by atoms with van der Waals surface area (Å²) in [6.45, 7) is 6.56. The Bertz CT molecular complexity index is 169. The van der Waals surface area contributed by atoms with Gasteiger partial charge in [-0.05, 0) is 29.3 Å². The molecule has 0 bridgehead atoms. The quantitative estimate of drug-likeness (QED) is 0.697. The van der Waals surface area contributed by atoms with Crippen molar-refractivity contribution in [3.8, 4) is 0 Å². The molecule has 1 nitrogen and oxygen atoms in total. The summed E-state index contributed by atoms with van der Waals surface area (Å²) in [6.07, 6.45) is 1.23. The lowest BCUT2D eigenvalue weighted by Gasteiger charge is -2.29. The number of nitrogens with zero attached hydrogens (tertiary/aromatic N) is 1. The van der Waals surface area contributed by atoms with Crippen molar-refractivity contribution in [2.24, 2.45) is 0 Å². The van der Waals surface area contributed by atoms with Crippen LogP contribution in [0.25, 0.3) is 0 Å². The first-order chi connectivity index (χ1) is 5.39. The highest BCUT2D eigenvalue weighted by Gasteiger charge is 2.15. The molecule has 0 aromatic rings. The summed E-state index contributed by atoms with van der Waals surface area (Å²) in [4.78, 5) is 0. The van der Waals surface area contributed by atoms with Crippen molar-refractivity contribution in [1.29, 1.82) is 0 Å². The fraction of sp³-hybridized carbons (Fsp3) is 0.778. The molecule has 0 spiro atoms. The molecule has 12 heavy (non-hydrogen) atoms. The second-order valence-corrected chi connectivity index (χ2v) is 5.90. The number of hydrogen-bond acceptors (Lipinski definition) is 0. The molecule has 0 N–H and O–H groups in total. The molecule has 0 saturated heterocycles. The van der Waals surface area contributed by atoms with Crippen LogP contribution >= 0.6 is 31.9 Å². The van der Waals surface area contributed by atoms with Crippen LogP contribution in [0.1, 0.15) is 20.3 Å². The number of hydrogen-bond donors (Lipinski definition) is 0. The first-order valence-electron chi connectivity index (χ1n) is 4.22. The van der Waals surface area contributed by atoms with Crippen LogP contribution in [-0.4, -0.2) is 31.7 Å². The molecule has 0 aromatic carbocycles. The second-order valence-electron chi connectivity index (χ2n) is 3.76. The fourth-order valence-corrected chi connectivity index (χ4v) is 1.97. The zero-order chi connectivity index (χ0) is 9.78. The highest BCUT2D eigenvalue weighted by Crippen LogP contribution is 2.20. The van der Waals surface area contributed by atoms with E-state index < -0.39 is 0 Å². The van der Waals surface area contributed by atoms with Crippen LogP contribution in [0.5, 0.6) is 0 Å². The first-order valence-corrected chi connectivity index (χ1v) is 5.80. The van der Waals surface area contributed by atoms with Crippen molar-refractivity contribution in [3.05, 3.63) is 8.96 Å². The van der Waals surface area contributed by atoms with Gasteiger partial charge in [0.25, 0.3) is 0 Å². The number of rotatable bonds is 4. The summed E-state index contributed by atoms with van der Waals surface area (Å²) >= 11 is 7.03. The third-order valence-corrected chi connectivity index (χ3v) is 3.63. The molecule has 0 radical (unpaired) electrons. The van der Waals surface area contributed by atoms with Crippen LogP contribution in [0, 0.1) is 0 Å². The van der Waals surface area contributed by atoms with Gasteiger partial charge in [0.1, 0.15) is 6.54 Å². The van der Waals surface area contributed by atoms with Gasteiger partial charge in [-0.1, -0.05) is 22.9 Å². The predicted molar refractivity (Wildman–Crippen MR) is 62.7 cm³/mol. The van der Waals surface area contributed by atoms with Gasteiger partial charge in [-0.15, -0.1) is 0 Å². The third-order valence-electron chi connectivity index (χ3n) is 1.77. The summed E-state index contributed by atoms with van der Waals surface area (Å²) in [5.74, 6) is 0. The fourth-order valence-electron chi connectivity index (χ4n) is 1.17. The molecular weight excluding hydrogens is 282 g/mol. The minimum absolute atomic E-state index is 1.04. The molecule has 0 aromatic heterocycles. The van der Waals surface area contributed by atoms with Crippen LogP contribution in [-0.2, 0) is 0 Å². The Morgan fingerprint density at radius 2 is 1.75 bits per heavy atom. The zero-order valence-corrected chi connectivity index (χ0v) is 11.5. The highest BCUT2D eigenvalue weighted by atomic mass is 79.9. The molecule has 0 atom stereocenters. The van der Waals surface area contributed by atoms with Crippen molar-refractivity contribution in [1.82, 2.24) is 0 Å². The highest BCUT2D eigenvalue weighted by molar-refractivity contribution is 9.14. The topological polar surface area (TPSA) is 0 Å². The molecule has 0 saturated carbocycles. The molecule has 3 heteroatoms. The van der Waals surface area contributed by atoms with Crippen molar-refractivity contribution in [2.75, 3.05) is 27.2 Å². The standard InChI is InChI=1S/C9H18Br2N/c1-5-6-12(3,4)7-9(11)8(2)10/h5-7H2,1-4H3/q+1/b9-8+. The van der Waals surface area contributed by atoms with E-state index in [9.17, 15) is 0 Å². The van der Waals surface area contributed by atoms with E-state index in [-0.39, 0.29) is 0 Å². The largest absolute Gasteiger partial charge is 0.324 e. The van der Waals surface area contributed by atoms with Crippen LogP contribution < -0.4 is 0 Å². The lowest BCUT2D eigenvalue weighted by molar-refractivity contribution is -0.884. The van der Waals surface area contributed by atoms with Gasteiger partial charge in [-0.2, -0.15) is 0 Å². The van der Waals surface area contributed by atoms with Gasteiger partial charge < -0.3 is 4.48 Å². The molecule has 0 heterocycles. The molecule has 72 valence electrons. The minimum Gasteiger partial charge on any atom is -0.324 e. The molecule has 0 aliphatic heterocycles. The van der Waals surface area contributed by atoms with Crippen LogP contribution in [0.3, 0.4) is 0 Å². The van der Waals surface area contributed by atoms with Gasteiger partial charge in [-0.3, -0.25) is 0 Å². The van der Waals surface area contributed by atoms with E-state index in [1.807, 2.05) is 0 Å². The average Bonchev–Trinajstić information content (AvgIpc) is 1.85. The first kappa shape index (κ1) is 12.7. The van der Waals surface area contributed by atoms with E-state index in [1.165, 1.54) is 21.9 Å². The number of quaternary nitrogens is 1. The van der Waals surface area contributed by atoms with Gasteiger partial charge in [0.05, 0.1) is 25.1 Å². The van der Waals surface area contributed by atoms with Gasteiger partial charge >= 0.3 is 0 Å². The van der Waals surface area contributed by atoms with Crippen molar-refractivity contribution in [3.63, 3.8) is 0 Å². The van der Waals surface area contributed by atoms with E-state index >= 15 is 0 Å². The monoisotopic (exact) mass is 298 g/mol. The Morgan fingerprint density at radius 1 is 1.25 bits per heavy atom. The normalized spacial score (nSPS) is 14.5. The lowest BCUT2D eigenvalue weighted by atomic mass is 10.3. The van der Waals surface area contributed by atoms with Gasteiger partial charge in [0.2, 0.25) is 0 Å². The predicted octanol–water partition coefficient (Wildman–Crippen LogP) is 3.49. The van der Waals surface area contributed by atoms with E-state index in [2.05, 4.69) is 59.8 Å². The maximum atomic E-state index is 3.57. The summed E-state index contributed by atoms with van der Waals surface area (Å²) < 4.78 is 3.51. The van der Waals surface area contributed by atoms with E-state index in [0.29, 0.717) is 0 Å². The zero-order valence-electron chi connectivity index (χ0n) is 8.32. The average molecular weight is 300 g/mol. The molecule has 0 aliphatic carbocycles. The molecule has 0 amide bonds. The van der Waals surface area contributed by atoms with Crippen LogP contribution in [0.15, 0.2) is 8.96 Å². The Labute approximate surface area is 92.7 Å². The third kappa shape index (κ3) is 5.33.